The highest BCUT2D eigenvalue weighted by atomic mass is 35.5. The minimum absolute atomic E-state index is 0.214. The number of nitrogens with one attached hydrogen (secondary N) is 1. The maximum atomic E-state index is 11.9. The normalized spacial score (nSPS) is 14.5. The van der Waals surface area contributed by atoms with Gasteiger partial charge in [0.15, 0.2) is 5.96 Å². The van der Waals surface area contributed by atoms with Gasteiger partial charge in [0.2, 0.25) is 5.91 Å². The van der Waals surface area contributed by atoms with Crippen molar-refractivity contribution in [1.29, 1.82) is 0 Å². The Hall–Kier alpha value is -2.73. The van der Waals surface area contributed by atoms with Crippen molar-refractivity contribution in [2.45, 2.75) is 25.9 Å². The van der Waals surface area contributed by atoms with Crippen LogP contribution >= 0.6 is 11.6 Å². The number of carbonyl (C=O) groups is 1. The zero-order valence-electron chi connectivity index (χ0n) is 15.2. The van der Waals surface area contributed by atoms with Crippen LogP contribution < -0.4 is 15.8 Å². The molecule has 7 heteroatoms. The second-order valence-electron chi connectivity index (χ2n) is 6.36. The predicted molar refractivity (Wildman–Crippen MR) is 108 cm³/mol. The number of rotatable bonds is 6. The van der Waals surface area contributed by atoms with E-state index in [4.69, 9.17) is 22.1 Å². The number of aliphatic imine (C=N–C) groups is 1. The number of hydrogen-bond donors (Lipinski definition) is 2. The molecule has 1 amide bonds. The predicted octanol–water partition coefficient (Wildman–Crippen LogP) is 3.40. The summed E-state index contributed by atoms with van der Waals surface area (Å²) >= 11 is 6.12. The highest BCUT2D eigenvalue weighted by molar-refractivity contribution is 6.32. The van der Waals surface area contributed by atoms with Crippen LogP contribution in [0.25, 0.3) is 0 Å². The average Bonchev–Trinajstić information content (AvgIpc) is 3.06. The van der Waals surface area contributed by atoms with Crippen LogP contribution in [0.2, 0.25) is 5.02 Å². The molecule has 0 unspecified atom stereocenters. The van der Waals surface area contributed by atoms with Crippen molar-refractivity contribution in [2.24, 2.45) is 10.7 Å². The lowest BCUT2D eigenvalue weighted by Crippen LogP contribution is -2.25. The first-order valence-corrected chi connectivity index (χ1v) is 9.19. The Morgan fingerprint density at radius 2 is 2.07 bits per heavy atom. The van der Waals surface area contributed by atoms with Crippen LogP contribution in [0.3, 0.4) is 0 Å². The SMILES string of the molecule is COc1ccc(NC(N)=NCc2ccccc2CN2CCCC2=O)cc1Cl. The molecule has 2 aromatic carbocycles. The molecule has 1 aliphatic heterocycles. The van der Waals surface area contributed by atoms with Crippen LogP contribution in [-0.2, 0) is 17.9 Å². The molecule has 0 saturated carbocycles. The van der Waals surface area contributed by atoms with Gasteiger partial charge in [0, 0.05) is 25.2 Å². The summed E-state index contributed by atoms with van der Waals surface area (Å²) in [6.45, 7) is 1.87. The van der Waals surface area contributed by atoms with Crippen LogP contribution in [0.4, 0.5) is 5.69 Å². The van der Waals surface area contributed by atoms with Crippen molar-refractivity contribution in [3.8, 4) is 5.75 Å². The van der Waals surface area contributed by atoms with E-state index in [2.05, 4.69) is 10.3 Å². The lowest BCUT2D eigenvalue weighted by molar-refractivity contribution is -0.128. The summed E-state index contributed by atoms with van der Waals surface area (Å²) in [5.74, 6) is 1.11. The van der Waals surface area contributed by atoms with Gasteiger partial charge in [-0.25, -0.2) is 4.99 Å². The molecule has 1 aliphatic rings. The van der Waals surface area contributed by atoms with Crippen molar-refractivity contribution in [3.05, 3.63) is 58.6 Å². The van der Waals surface area contributed by atoms with Crippen molar-refractivity contribution in [2.75, 3.05) is 19.0 Å². The highest BCUT2D eigenvalue weighted by Gasteiger charge is 2.20. The maximum absolute atomic E-state index is 11.9. The Labute approximate surface area is 164 Å². The molecule has 2 aromatic rings. The number of benzene rings is 2. The van der Waals surface area contributed by atoms with Crippen LogP contribution in [0.1, 0.15) is 24.0 Å². The summed E-state index contributed by atoms with van der Waals surface area (Å²) in [4.78, 5) is 18.2. The van der Waals surface area contributed by atoms with Gasteiger partial charge in [0.25, 0.3) is 0 Å². The van der Waals surface area contributed by atoms with Crippen LogP contribution in [0.15, 0.2) is 47.5 Å². The smallest absolute Gasteiger partial charge is 0.222 e. The van der Waals surface area contributed by atoms with E-state index in [1.807, 2.05) is 35.2 Å². The quantitative estimate of drug-likeness (QED) is 0.589. The molecule has 0 aromatic heterocycles. The van der Waals surface area contributed by atoms with Gasteiger partial charge in [-0.15, -0.1) is 0 Å². The topological polar surface area (TPSA) is 80.0 Å². The Bertz CT molecular complexity index is 854. The fourth-order valence-corrected chi connectivity index (χ4v) is 3.30. The van der Waals surface area contributed by atoms with Crippen molar-refractivity contribution < 1.29 is 9.53 Å². The van der Waals surface area contributed by atoms with E-state index in [0.717, 1.165) is 29.8 Å². The third-order valence-corrected chi connectivity index (χ3v) is 4.79. The van der Waals surface area contributed by atoms with Crippen molar-refractivity contribution in [1.82, 2.24) is 4.90 Å². The third-order valence-electron chi connectivity index (χ3n) is 4.49. The number of hydrogen-bond acceptors (Lipinski definition) is 3. The molecule has 142 valence electrons. The zero-order chi connectivity index (χ0) is 19.2. The van der Waals surface area contributed by atoms with E-state index in [1.165, 1.54) is 0 Å². The fraction of sp³-hybridized carbons (Fsp3) is 0.300. The first-order valence-electron chi connectivity index (χ1n) is 8.82. The van der Waals surface area contributed by atoms with Gasteiger partial charge in [-0.1, -0.05) is 35.9 Å². The minimum Gasteiger partial charge on any atom is -0.495 e. The number of likely N-dealkylation sites (tertiary alicyclic amines) is 1. The van der Waals surface area contributed by atoms with Gasteiger partial charge < -0.3 is 20.7 Å². The number of carbonyl (C=O) groups excluding carboxylic acids is 1. The maximum Gasteiger partial charge on any atom is 0.222 e. The second-order valence-corrected chi connectivity index (χ2v) is 6.77. The summed E-state index contributed by atoms with van der Waals surface area (Å²) in [6.07, 6.45) is 1.57. The van der Waals surface area contributed by atoms with Gasteiger partial charge in [0.05, 0.1) is 18.7 Å². The minimum atomic E-state index is 0.214. The zero-order valence-corrected chi connectivity index (χ0v) is 16.0. The number of anilines is 1. The summed E-state index contributed by atoms with van der Waals surface area (Å²) in [5, 5.41) is 3.52. The van der Waals surface area contributed by atoms with Gasteiger partial charge in [-0.2, -0.15) is 0 Å². The van der Waals surface area contributed by atoms with Crippen LogP contribution in [0, 0.1) is 0 Å². The Morgan fingerprint density at radius 1 is 1.30 bits per heavy atom. The summed E-state index contributed by atoms with van der Waals surface area (Å²) in [5.41, 5.74) is 8.89. The molecule has 1 saturated heterocycles. The standard InChI is InChI=1S/C20H23ClN4O2/c1-27-18-9-8-16(11-17(18)21)24-20(22)23-12-14-5-2-3-6-15(14)13-25-10-4-7-19(25)26/h2-3,5-6,8-9,11H,4,7,10,12-13H2,1H3,(H3,22,23,24). The highest BCUT2D eigenvalue weighted by Crippen LogP contribution is 2.27. The molecular formula is C20H23ClN4O2. The summed E-state index contributed by atoms with van der Waals surface area (Å²) in [6, 6.07) is 13.3. The van der Waals surface area contributed by atoms with E-state index in [9.17, 15) is 4.79 Å². The Kier molecular flexibility index (Phi) is 6.19. The third kappa shape index (κ3) is 4.92. The summed E-state index contributed by atoms with van der Waals surface area (Å²) in [7, 11) is 1.57. The number of nitrogens with two attached hydrogens (primary N) is 1. The molecular weight excluding hydrogens is 364 g/mol. The van der Waals surface area contributed by atoms with Crippen LogP contribution in [-0.4, -0.2) is 30.4 Å². The molecule has 3 rings (SSSR count). The lowest BCUT2D eigenvalue weighted by Gasteiger charge is -2.17. The number of methoxy groups -OCH3 is 1. The van der Waals surface area contributed by atoms with Crippen LogP contribution in [0.5, 0.6) is 5.75 Å². The molecule has 0 aliphatic carbocycles. The number of halogens is 1. The molecule has 0 spiro atoms. The summed E-state index contributed by atoms with van der Waals surface area (Å²) < 4.78 is 5.14. The monoisotopic (exact) mass is 386 g/mol. The van der Waals surface area contributed by atoms with E-state index in [1.54, 1.807) is 19.2 Å². The Morgan fingerprint density at radius 3 is 2.74 bits per heavy atom. The van der Waals surface area contributed by atoms with Crippen molar-refractivity contribution >= 4 is 29.2 Å². The first kappa shape index (κ1) is 19.0. The molecule has 0 radical (unpaired) electrons. The molecule has 1 heterocycles. The van der Waals surface area contributed by atoms with E-state index in [0.29, 0.717) is 36.2 Å². The number of nitrogens with zero attached hydrogens (tertiary/aromatic N) is 2. The van der Waals surface area contributed by atoms with E-state index < -0.39 is 0 Å². The van der Waals surface area contributed by atoms with Gasteiger partial charge in [-0.05, 0) is 35.7 Å². The lowest BCUT2D eigenvalue weighted by atomic mass is 10.1. The molecule has 27 heavy (non-hydrogen) atoms. The molecule has 0 atom stereocenters. The number of amides is 1. The second kappa shape index (κ2) is 8.77. The number of ether oxygens (including phenoxy) is 1. The molecule has 6 nitrogen and oxygen atoms in total. The Balaban J connectivity index is 1.66. The van der Waals surface area contributed by atoms with Gasteiger partial charge in [-0.3, -0.25) is 4.79 Å². The van der Waals surface area contributed by atoms with E-state index in [-0.39, 0.29) is 5.91 Å². The van der Waals surface area contributed by atoms with Gasteiger partial charge >= 0.3 is 0 Å². The molecule has 1 fully saturated rings. The average molecular weight is 387 g/mol. The van der Waals surface area contributed by atoms with E-state index >= 15 is 0 Å². The molecule has 0 bridgehead atoms. The number of guanidine groups is 1. The first-order chi connectivity index (χ1) is 13.1. The fourth-order valence-electron chi connectivity index (χ4n) is 3.04. The largest absolute Gasteiger partial charge is 0.495 e. The van der Waals surface area contributed by atoms with Gasteiger partial charge in [0.1, 0.15) is 5.75 Å². The molecule has 3 N–H and O–H groups in total. The van der Waals surface area contributed by atoms with Crippen molar-refractivity contribution in [3.63, 3.8) is 0 Å².